The summed E-state index contributed by atoms with van der Waals surface area (Å²) in [4.78, 5) is 23.6. The van der Waals surface area contributed by atoms with Crippen LogP contribution in [-0.4, -0.2) is 23.9 Å². The van der Waals surface area contributed by atoms with E-state index in [-0.39, 0.29) is 17.5 Å². The zero-order valence-electron chi connectivity index (χ0n) is 11.0. The lowest BCUT2D eigenvalue weighted by Crippen LogP contribution is -2.46. The minimum atomic E-state index is -0.690. The maximum atomic E-state index is 13.1. The van der Waals surface area contributed by atoms with Gasteiger partial charge < -0.3 is 10.6 Å². The first-order valence-electron chi connectivity index (χ1n) is 5.87. The summed E-state index contributed by atoms with van der Waals surface area (Å²) in [6.07, 6.45) is 0. The predicted octanol–water partition coefficient (Wildman–Crippen LogP) is 2.23. The normalized spacial score (nSPS) is 12.1. The molecule has 0 saturated heterocycles. The van der Waals surface area contributed by atoms with Crippen LogP contribution in [0.2, 0.25) is 0 Å². The van der Waals surface area contributed by atoms with Crippen molar-refractivity contribution in [1.29, 1.82) is 0 Å². The fourth-order valence-corrected chi connectivity index (χ4v) is 1.85. The molecule has 1 aromatic rings. The minimum Gasteiger partial charge on any atom is -0.352 e. The van der Waals surface area contributed by atoms with Crippen molar-refractivity contribution < 1.29 is 14.0 Å². The van der Waals surface area contributed by atoms with Crippen molar-refractivity contribution in [3.8, 4) is 0 Å². The predicted molar refractivity (Wildman–Crippen MR) is 74.3 cm³/mol. The molecule has 104 valence electrons. The van der Waals surface area contributed by atoms with Gasteiger partial charge in [-0.25, -0.2) is 4.39 Å². The van der Waals surface area contributed by atoms with Crippen molar-refractivity contribution in [2.75, 3.05) is 0 Å². The Labute approximate surface area is 119 Å². The zero-order chi connectivity index (χ0) is 14.6. The molecule has 0 aliphatic heterocycles. The molecule has 2 amide bonds. The summed E-state index contributed by atoms with van der Waals surface area (Å²) in [6, 6.07) is 3.11. The third kappa shape index (κ3) is 4.63. The molecule has 1 aromatic carbocycles. The van der Waals surface area contributed by atoms with Crippen molar-refractivity contribution >= 4 is 27.7 Å². The van der Waals surface area contributed by atoms with E-state index in [9.17, 15) is 14.0 Å². The van der Waals surface area contributed by atoms with Gasteiger partial charge in [-0.3, -0.25) is 9.59 Å². The Hall–Kier alpha value is -1.43. The second-order valence-corrected chi connectivity index (χ2v) is 5.34. The molecule has 1 unspecified atom stereocenters. The Balaban J connectivity index is 2.74. The number of carbonyl (C=O) groups is 2. The van der Waals surface area contributed by atoms with E-state index in [2.05, 4.69) is 26.6 Å². The first-order chi connectivity index (χ1) is 8.81. The molecule has 0 aliphatic carbocycles. The Kier molecular flexibility index (Phi) is 5.47. The van der Waals surface area contributed by atoms with Crippen LogP contribution < -0.4 is 10.6 Å². The van der Waals surface area contributed by atoms with E-state index in [4.69, 9.17) is 0 Å². The summed E-state index contributed by atoms with van der Waals surface area (Å²) in [7, 11) is 0. The molecule has 1 rings (SSSR count). The molecule has 6 heteroatoms. The molecule has 19 heavy (non-hydrogen) atoms. The molecule has 0 fully saturated rings. The highest BCUT2D eigenvalue weighted by Crippen LogP contribution is 2.17. The lowest BCUT2D eigenvalue weighted by molar-refractivity contribution is -0.123. The van der Waals surface area contributed by atoms with Gasteiger partial charge in [-0.2, -0.15) is 0 Å². The third-order valence-corrected chi connectivity index (χ3v) is 3.04. The molecule has 0 aliphatic rings. The van der Waals surface area contributed by atoms with Gasteiger partial charge in [0.05, 0.1) is 5.56 Å². The fraction of sp³-hybridized carbons (Fsp3) is 0.385. The van der Waals surface area contributed by atoms with E-state index in [0.717, 1.165) is 6.07 Å². The van der Waals surface area contributed by atoms with Crippen LogP contribution in [0.1, 0.15) is 31.1 Å². The molecular weight excluding hydrogens is 315 g/mol. The van der Waals surface area contributed by atoms with Gasteiger partial charge in [-0.15, -0.1) is 0 Å². The molecule has 1 atom stereocenters. The summed E-state index contributed by atoms with van der Waals surface area (Å²) in [6.45, 7) is 5.23. The average molecular weight is 331 g/mol. The van der Waals surface area contributed by atoms with Gasteiger partial charge in [-0.05, 0) is 54.9 Å². The molecule has 0 aromatic heterocycles. The summed E-state index contributed by atoms with van der Waals surface area (Å²) in [5, 5.41) is 5.21. The maximum Gasteiger partial charge on any atom is 0.253 e. The molecule has 0 heterocycles. The minimum absolute atomic E-state index is 0.00671. The lowest BCUT2D eigenvalue weighted by atomic mass is 10.2. The van der Waals surface area contributed by atoms with Crippen LogP contribution in [0.4, 0.5) is 4.39 Å². The quantitative estimate of drug-likeness (QED) is 0.889. The van der Waals surface area contributed by atoms with Gasteiger partial charge in [0, 0.05) is 10.5 Å². The summed E-state index contributed by atoms with van der Waals surface area (Å²) >= 11 is 3.17. The number of carbonyl (C=O) groups excluding carboxylic acids is 2. The number of nitrogens with one attached hydrogen (secondary N) is 2. The molecule has 4 nitrogen and oxygen atoms in total. The zero-order valence-corrected chi connectivity index (χ0v) is 12.5. The van der Waals surface area contributed by atoms with Crippen molar-refractivity contribution in [2.45, 2.75) is 32.9 Å². The number of halogens is 2. The van der Waals surface area contributed by atoms with Gasteiger partial charge in [-0.1, -0.05) is 0 Å². The lowest BCUT2D eigenvalue weighted by Gasteiger charge is -2.16. The largest absolute Gasteiger partial charge is 0.352 e. The van der Waals surface area contributed by atoms with Crippen LogP contribution >= 0.6 is 15.9 Å². The number of rotatable bonds is 4. The van der Waals surface area contributed by atoms with E-state index < -0.39 is 17.8 Å². The smallest absolute Gasteiger partial charge is 0.253 e. The monoisotopic (exact) mass is 330 g/mol. The second kappa shape index (κ2) is 6.65. The summed E-state index contributed by atoms with van der Waals surface area (Å²) < 4.78 is 13.6. The van der Waals surface area contributed by atoms with Crippen LogP contribution in [0.25, 0.3) is 0 Å². The standard InChI is InChI=1S/C13H16BrFN2O2/c1-7(2)16-12(18)8(3)17-13(19)10-6-9(15)4-5-11(10)14/h4-8H,1-3H3,(H,16,18)(H,17,19). The fourth-order valence-electron chi connectivity index (χ4n) is 1.42. The molecule has 0 spiro atoms. The summed E-state index contributed by atoms with van der Waals surface area (Å²) in [5.74, 6) is -1.29. The Bertz CT molecular complexity index is 492. The van der Waals surface area contributed by atoms with Gasteiger partial charge >= 0.3 is 0 Å². The molecule has 0 saturated carbocycles. The first kappa shape index (κ1) is 15.6. The third-order valence-electron chi connectivity index (χ3n) is 2.34. The number of hydrogen-bond donors (Lipinski definition) is 2. The summed E-state index contributed by atoms with van der Waals surface area (Å²) in [5.41, 5.74) is 0.157. The first-order valence-corrected chi connectivity index (χ1v) is 6.67. The van der Waals surface area contributed by atoms with Crippen molar-refractivity contribution in [3.63, 3.8) is 0 Å². The van der Waals surface area contributed by atoms with Crippen molar-refractivity contribution in [1.82, 2.24) is 10.6 Å². The number of benzene rings is 1. The van der Waals surface area contributed by atoms with Gasteiger partial charge in [0.15, 0.2) is 0 Å². The van der Waals surface area contributed by atoms with Crippen LogP contribution in [0, 0.1) is 5.82 Å². The van der Waals surface area contributed by atoms with Crippen LogP contribution in [-0.2, 0) is 4.79 Å². The SMILES string of the molecule is CC(C)NC(=O)C(C)NC(=O)c1cc(F)ccc1Br. The van der Waals surface area contributed by atoms with E-state index in [0.29, 0.717) is 4.47 Å². The average Bonchev–Trinajstić information content (AvgIpc) is 2.31. The van der Waals surface area contributed by atoms with E-state index in [1.165, 1.54) is 12.1 Å². The highest BCUT2D eigenvalue weighted by atomic mass is 79.9. The Morgan fingerprint density at radius 1 is 1.21 bits per heavy atom. The van der Waals surface area contributed by atoms with Crippen LogP contribution in [0.15, 0.2) is 22.7 Å². The van der Waals surface area contributed by atoms with E-state index in [1.807, 2.05) is 13.8 Å². The van der Waals surface area contributed by atoms with Crippen molar-refractivity contribution in [3.05, 3.63) is 34.1 Å². The highest BCUT2D eigenvalue weighted by Gasteiger charge is 2.18. The van der Waals surface area contributed by atoms with Crippen molar-refractivity contribution in [2.24, 2.45) is 0 Å². The number of hydrogen-bond acceptors (Lipinski definition) is 2. The maximum absolute atomic E-state index is 13.1. The highest BCUT2D eigenvalue weighted by molar-refractivity contribution is 9.10. The Morgan fingerprint density at radius 2 is 1.84 bits per heavy atom. The van der Waals surface area contributed by atoms with E-state index >= 15 is 0 Å². The van der Waals surface area contributed by atoms with Gasteiger partial charge in [0.1, 0.15) is 11.9 Å². The second-order valence-electron chi connectivity index (χ2n) is 4.48. The Morgan fingerprint density at radius 3 is 2.42 bits per heavy atom. The number of amides is 2. The van der Waals surface area contributed by atoms with Gasteiger partial charge in [0.25, 0.3) is 5.91 Å². The molecular formula is C13H16BrFN2O2. The molecule has 0 bridgehead atoms. The van der Waals surface area contributed by atoms with Crippen LogP contribution in [0.3, 0.4) is 0 Å². The van der Waals surface area contributed by atoms with E-state index in [1.54, 1.807) is 6.92 Å². The van der Waals surface area contributed by atoms with Crippen LogP contribution in [0.5, 0.6) is 0 Å². The molecule has 0 radical (unpaired) electrons. The van der Waals surface area contributed by atoms with Gasteiger partial charge in [0.2, 0.25) is 5.91 Å². The topological polar surface area (TPSA) is 58.2 Å². The molecule has 2 N–H and O–H groups in total.